The summed E-state index contributed by atoms with van der Waals surface area (Å²) in [5, 5.41) is 10.7. The van der Waals surface area contributed by atoms with Crippen molar-refractivity contribution >= 4 is 29.2 Å². The zero-order valence-electron chi connectivity index (χ0n) is 13.6. The molecule has 4 rings (SSSR count). The standard InChI is InChI=1S/C18H18N6O/c19-8-13(9-20)15-10-22-16(11-21-15)24-6-5-18(17(24)25)7-12-3-1-2-4-14(12)23-18/h1-4,8-11,19,23H,5-7,20H2. The van der Waals surface area contributed by atoms with Crippen LogP contribution in [-0.2, 0) is 11.2 Å². The average Bonchev–Trinajstić information content (AvgIpc) is 3.17. The van der Waals surface area contributed by atoms with E-state index < -0.39 is 5.54 Å². The lowest BCUT2D eigenvalue weighted by Crippen LogP contribution is -2.45. The summed E-state index contributed by atoms with van der Waals surface area (Å²) in [4.78, 5) is 23.4. The molecule has 126 valence electrons. The Hall–Kier alpha value is -3.22. The monoisotopic (exact) mass is 334 g/mol. The molecule has 2 aromatic rings. The maximum absolute atomic E-state index is 13.1. The van der Waals surface area contributed by atoms with Crippen LogP contribution in [0.3, 0.4) is 0 Å². The number of aromatic nitrogens is 2. The molecule has 2 aliphatic rings. The number of nitrogens with one attached hydrogen (secondary N) is 2. The van der Waals surface area contributed by atoms with E-state index in [2.05, 4.69) is 21.4 Å². The number of allylic oxidation sites excluding steroid dienone is 1. The van der Waals surface area contributed by atoms with Crippen LogP contribution in [0.5, 0.6) is 0 Å². The van der Waals surface area contributed by atoms with E-state index in [0.29, 0.717) is 30.1 Å². The van der Waals surface area contributed by atoms with Crippen LogP contribution in [0.1, 0.15) is 17.7 Å². The molecular weight excluding hydrogens is 316 g/mol. The summed E-state index contributed by atoms with van der Waals surface area (Å²) >= 11 is 0. The van der Waals surface area contributed by atoms with Crippen molar-refractivity contribution < 1.29 is 4.79 Å². The Labute approximate surface area is 145 Å². The number of rotatable bonds is 3. The summed E-state index contributed by atoms with van der Waals surface area (Å²) in [6.07, 6.45) is 6.94. The highest BCUT2D eigenvalue weighted by atomic mass is 16.2. The SMILES string of the molecule is N=CC(=CN)c1cnc(N2CCC3(Cc4ccccc4N3)C2=O)cn1. The number of carbonyl (C=O) groups is 1. The molecule has 7 heteroatoms. The van der Waals surface area contributed by atoms with Gasteiger partial charge < -0.3 is 16.5 Å². The van der Waals surface area contributed by atoms with Gasteiger partial charge in [0.15, 0.2) is 5.82 Å². The third-order valence-electron chi connectivity index (χ3n) is 4.85. The molecule has 0 aliphatic carbocycles. The lowest BCUT2D eigenvalue weighted by molar-refractivity contribution is -0.120. The molecule has 4 N–H and O–H groups in total. The first-order chi connectivity index (χ1) is 12.2. The van der Waals surface area contributed by atoms with Crippen molar-refractivity contribution in [2.24, 2.45) is 5.73 Å². The van der Waals surface area contributed by atoms with Crippen LogP contribution in [0.2, 0.25) is 0 Å². The van der Waals surface area contributed by atoms with Gasteiger partial charge in [-0.3, -0.25) is 14.7 Å². The van der Waals surface area contributed by atoms with Gasteiger partial charge in [-0.1, -0.05) is 18.2 Å². The van der Waals surface area contributed by atoms with Crippen LogP contribution >= 0.6 is 0 Å². The molecule has 1 spiro atoms. The summed E-state index contributed by atoms with van der Waals surface area (Å²) < 4.78 is 0. The highest BCUT2D eigenvalue weighted by Gasteiger charge is 2.50. The molecule has 0 bridgehead atoms. The van der Waals surface area contributed by atoms with E-state index in [9.17, 15) is 4.79 Å². The smallest absolute Gasteiger partial charge is 0.254 e. The molecule has 1 aromatic heterocycles. The Kier molecular flexibility index (Phi) is 3.49. The number of fused-ring (bicyclic) bond motifs is 1. The Morgan fingerprint density at radius 3 is 2.84 bits per heavy atom. The number of carbonyl (C=O) groups excluding carboxylic acids is 1. The molecule has 1 aromatic carbocycles. The van der Waals surface area contributed by atoms with Crippen molar-refractivity contribution in [3.8, 4) is 0 Å². The van der Waals surface area contributed by atoms with Crippen molar-refractivity contribution in [1.82, 2.24) is 9.97 Å². The summed E-state index contributed by atoms with van der Waals surface area (Å²) in [7, 11) is 0. The first-order valence-corrected chi connectivity index (χ1v) is 8.10. The van der Waals surface area contributed by atoms with E-state index in [1.165, 1.54) is 18.0 Å². The fraction of sp³-hybridized carbons (Fsp3) is 0.222. The van der Waals surface area contributed by atoms with Crippen LogP contribution in [0.4, 0.5) is 11.5 Å². The number of hydrogen-bond donors (Lipinski definition) is 3. The van der Waals surface area contributed by atoms with E-state index in [4.69, 9.17) is 11.1 Å². The van der Waals surface area contributed by atoms with Crippen LogP contribution in [-0.4, -0.2) is 34.2 Å². The van der Waals surface area contributed by atoms with Crippen molar-refractivity contribution in [2.75, 3.05) is 16.8 Å². The predicted octanol–water partition coefficient (Wildman–Crippen LogP) is 1.57. The highest BCUT2D eigenvalue weighted by molar-refractivity contribution is 6.07. The second-order valence-corrected chi connectivity index (χ2v) is 6.27. The minimum atomic E-state index is -0.582. The third-order valence-corrected chi connectivity index (χ3v) is 4.85. The van der Waals surface area contributed by atoms with E-state index in [-0.39, 0.29) is 5.91 Å². The second-order valence-electron chi connectivity index (χ2n) is 6.27. The van der Waals surface area contributed by atoms with Crippen molar-refractivity contribution in [3.05, 3.63) is 54.1 Å². The van der Waals surface area contributed by atoms with Gasteiger partial charge in [-0.15, -0.1) is 0 Å². The van der Waals surface area contributed by atoms with E-state index in [1.807, 2.05) is 18.2 Å². The third kappa shape index (κ3) is 2.36. The summed E-state index contributed by atoms with van der Waals surface area (Å²) in [5.41, 5.74) is 8.07. The molecule has 1 unspecified atom stereocenters. The zero-order chi connectivity index (χ0) is 17.4. The van der Waals surface area contributed by atoms with Gasteiger partial charge in [0.1, 0.15) is 5.54 Å². The lowest BCUT2D eigenvalue weighted by Gasteiger charge is -2.23. The molecule has 3 heterocycles. The van der Waals surface area contributed by atoms with E-state index >= 15 is 0 Å². The van der Waals surface area contributed by atoms with Crippen LogP contribution < -0.4 is 16.0 Å². The van der Waals surface area contributed by atoms with Crippen molar-refractivity contribution in [3.63, 3.8) is 0 Å². The largest absolute Gasteiger partial charge is 0.404 e. The average molecular weight is 334 g/mol. The first kappa shape index (κ1) is 15.3. The topological polar surface area (TPSA) is 108 Å². The Morgan fingerprint density at radius 1 is 1.32 bits per heavy atom. The van der Waals surface area contributed by atoms with Gasteiger partial charge >= 0.3 is 0 Å². The highest BCUT2D eigenvalue weighted by Crippen LogP contribution is 2.39. The summed E-state index contributed by atoms with van der Waals surface area (Å²) in [6.45, 7) is 0.595. The minimum absolute atomic E-state index is 0.0207. The Balaban J connectivity index is 1.58. The number of amides is 1. The number of nitrogens with zero attached hydrogens (tertiary/aromatic N) is 3. The fourth-order valence-corrected chi connectivity index (χ4v) is 3.51. The number of nitrogens with two attached hydrogens (primary N) is 1. The van der Waals surface area contributed by atoms with Gasteiger partial charge in [-0.25, -0.2) is 4.98 Å². The van der Waals surface area contributed by atoms with Gasteiger partial charge in [0.05, 0.1) is 18.1 Å². The van der Waals surface area contributed by atoms with Gasteiger partial charge in [-0.2, -0.15) is 0 Å². The molecular formula is C18H18N6O. The normalized spacial score (nSPS) is 22.2. The van der Waals surface area contributed by atoms with Gasteiger partial charge in [-0.05, 0) is 18.1 Å². The molecule has 0 radical (unpaired) electrons. The molecule has 2 aliphatic heterocycles. The predicted molar refractivity (Wildman–Crippen MR) is 96.4 cm³/mol. The van der Waals surface area contributed by atoms with Crippen LogP contribution in [0, 0.1) is 5.41 Å². The van der Waals surface area contributed by atoms with Gasteiger partial charge in [0.25, 0.3) is 5.91 Å². The fourth-order valence-electron chi connectivity index (χ4n) is 3.51. The first-order valence-electron chi connectivity index (χ1n) is 8.10. The van der Waals surface area contributed by atoms with Crippen molar-refractivity contribution in [1.29, 1.82) is 5.41 Å². The van der Waals surface area contributed by atoms with E-state index in [0.717, 1.165) is 18.3 Å². The molecule has 25 heavy (non-hydrogen) atoms. The quantitative estimate of drug-likeness (QED) is 0.738. The minimum Gasteiger partial charge on any atom is -0.404 e. The summed E-state index contributed by atoms with van der Waals surface area (Å²) in [6, 6.07) is 8.03. The number of para-hydroxylation sites is 1. The Morgan fingerprint density at radius 2 is 2.16 bits per heavy atom. The second kappa shape index (κ2) is 5.70. The Bertz CT molecular complexity index is 848. The number of benzene rings is 1. The lowest BCUT2D eigenvalue weighted by atomic mass is 9.94. The maximum Gasteiger partial charge on any atom is 0.254 e. The van der Waals surface area contributed by atoms with Crippen LogP contribution in [0.25, 0.3) is 5.57 Å². The van der Waals surface area contributed by atoms with Crippen LogP contribution in [0.15, 0.2) is 42.9 Å². The zero-order valence-corrected chi connectivity index (χ0v) is 13.6. The summed E-state index contributed by atoms with van der Waals surface area (Å²) in [5.74, 6) is 0.539. The molecule has 0 saturated carbocycles. The van der Waals surface area contributed by atoms with Gasteiger partial charge in [0.2, 0.25) is 0 Å². The van der Waals surface area contributed by atoms with Crippen molar-refractivity contribution in [2.45, 2.75) is 18.4 Å². The molecule has 7 nitrogen and oxygen atoms in total. The maximum atomic E-state index is 13.1. The van der Waals surface area contributed by atoms with Gasteiger partial charge in [0, 0.05) is 36.6 Å². The molecule has 1 amide bonds. The molecule has 1 atom stereocenters. The van der Waals surface area contributed by atoms with E-state index in [1.54, 1.807) is 11.1 Å². The number of anilines is 2. The molecule has 1 fully saturated rings. The number of hydrogen-bond acceptors (Lipinski definition) is 6. The molecule has 1 saturated heterocycles.